The molecule has 17 heavy (non-hydrogen) atoms. The van der Waals surface area contributed by atoms with E-state index < -0.39 is 5.60 Å². The molecular formula is C14H29NO2. The van der Waals surface area contributed by atoms with Crippen LogP contribution in [0.5, 0.6) is 0 Å². The first-order chi connectivity index (χ1) is 7.99. The van der Waals surface area contributed by atoms with Crippen LogP contribution >= 0.6 is 0 Å². The Morgan fingerprint density at radius 2 is 2.00 bits per heavy atom. The molecule has 0 saturated carbocycles. The summed E-state index contributed by atoms with van der Waals surface area (Å²) in [6.07, 6.45) is 4.06. The van der Waals surface area contributed by atoms with Gasteiger partial charge in [-0.05, 0) is 45.1 Å². The maximum atomic E-state index is 9.99. The van der Waals surface area contributed by atoms with E-state index in [-0.39, 0.29) is 0 Å². The van der Waals surface area contributed by atoms with Gasteiger partial charge in [-0.3, -0.25) is 0 Å². The predicted octanol–water partition coefficient (Wildman–Crippen LogP) is 2.29. The zero-order valence-corrected chi connectivity index (χ0v) is 11.7. The van der Waals surface area contributed by atoms with Gasteiger partial charge in [0.2, 0.25) is 0 Å². The molecule has 0 aliphatic carbocycles. The minimum atomic E-state index is -0.451. The number of hydrogen-bond donors (Lipinski definition) is 1. The normalized spacial score (nSPS) is 27.4. The molecule has 0 bridgehead atoms. The van der Waals surface area contributed by atoms with Crippen LogP contribution in [0.2, 0.25) is 0 Å². The minimum absolute atomic E-state index is 0.451. The summed E-state index contributed by atoms with van der Waals surface area (Å²) in [5.41, 5.74) is -0.451. The number of likely N-dealkylation sites (tertiary alicyclic amines) is 1. The fraction of sp³-hybridized carbons (Fsp3) is 1.00. The highest BCUT2D eigenvalue weighted by Gasteiger charge is 2.24. The van der Waals surface area contributed by atoms with Gasteiger partial charge in [0.15, 0.2) is 0 Å². The molecule has 1 heterocycles. The van der Waals surface area contributed by atoms with E-state index in [1.165, 1.54) is 0 Å². The SMILES string of the molecule is CC(C)CCOCCN1CCCC(C)(O)CC1. The van der Waals surface area contributed by atoms with Crippen LogP contribution in [0.3, 0.4) is 0 Å². The third kappa shape index (κ3) is 7.02. The molecule has 1 atom stereocenters. The second-order valence-corrected chi connectivity index (χ2v) is 5.99. The van der Waals surface area contributed by atoms with Gasteiger partial charge >= 0.3 is 0 Å². The van der Waals surface area contributed by atoms with Crippen LogP contribution in [0.15, 0.2) is 0 Å². The molecule has 1 unspecified atom stereocenters. The van der Waals surface area contributed by atoms with Crippen molar-refractivity contribution in [1.29, 1.82) is 0 Å². The lowest BCUT2D eigenvalue weighted by Crippen LogP contribution is -2.31. The first kappa shape index (κ1) is 14.9. The molecule has 3 heteroatoms. The third-order valence-corrected chi connectivity index (χ3v) is 3.55. The first-order valence-electron chi connectivity index (χ1n) is 7.02. The van der Waals surface area contributed by atoms with E-state index in [0.717, 1.165) is 64.4 Å². The van der Waals surface area contributed by atoms with Crippen molar-refractivity contribution in [3.8, 4) is 0 Å². The largest absolute Gasteiger partial charge is 0.390 e. The van der Waals surface area contributed by atoms with E-state index in [4.69, 9.17) is 4.74 Å². The Kier molecular flexibility index (Phi) is 6.45. The van der Waals surface area contributed by atoms with Crippen molar-refractivity contribution in [1.82, 2.24) is 4.90 Å². The maximum absolute atomic E-state index is 9.99. The molecule has 1 N–H and O–H groups in total. The Labute approximate surface area is 106 Å². The molecule has 1 aliphatic rings. The van der Waals surface area contributed by atoms with E-state index >= 15 is 0 Å². The van der Waals surface area contributed by atoms with Crippen molar-refractivity contribution < 1.29 is 9.84 Å². The van der Waals surface area contributed by atoms with Gasteiger partial charge in [0.25, 0.3) is 0 Å². The van der Waals surface area contributed by atoms with Crippen molar-refractivity contribution in [2.75, 3.05) is 32.8 Å². The van der Waals surface area contributed by atoms with Gasteiger partial charge in [-0.2, -0.15) is 0 Å². The highest BCUT2D eigenvalue weighted by molar-refractivity contribution is 4.78. The van der Waals surface area contributed by atoms with E-state index in [1.807, 2.05) is 6.92 Å². The van der Waals surface area contributed by atoms with Crippen molar-refractivity contribution in [2.24, 2.45) is 5.92 Å². The van der Waals surface area contributed by atoms with Crippen LogP contribution in [-0.4, -0.2) is 48.5 Å². The van der Waals surface area contributed by atoms with Crippen LogP contribution in [0, 0.1) is 5.92 Å². The number of nitrogens with zero attached hydrogens (tertiary/aromatic N) is 1. The van der Waals surface area contributed by atoms with E-state index in [2.05, 4.69) is 18.7 Å². The second-order valence-electron chi connectivity index (χ2n) is 5.99. The summed E-state index contributed by atoms with van der Waals surface area (Å²) in [6, 6.07) is 0. The fourth-order valence-corrected chi connectivity index (χ4v) is 2.16. The summed E-state index contributed by atoms with van der Waals surface area (Å²) < 4.78 is 5.64. The Morgan fingerprint density at radius 3 is 2.71 bits per heavy atom. The van der Waals surface area contributed by atoms with E-state index in [9.17, 15) is 5.11 Å². The molecule has 3 nitrogen and oxygen atoms in total. The number of ether oxygens (including phenoxy) is 1. The molecular weight excluding hydrogens is 214 g/mol. The Balaban J connectivity index is 2.07. The van der Waals surface area contributed by atoms with Gasteiger partial charge in [0, 0.05) is 19.7 Å². The minimum Gasteiger partial charge on any atom is -0.390 e. The summed E-state index contributed by atoms with van der Waals surface area (Å²) in [5, 5.41) is 9.99. The summed E-state index contributed by atoms with van der Waals surface area (Å²) in [7, 11) is 0. The first-order valence-corrected chi connectivity index (χ1v) is 7.02. The second kappa shape index (κ2) is 7.34. The molecule has 102 valence electrons. The summed E-state index contributed by atoms with van der Waals surface area (Å²) in [4.78, 5) is 2.41. The van der Waals surface area contributed by atoms with Gasteiger partial charge in [-0.15, -0.1) is 0 Å². The average Bonchev–Trinajstić information content (AvgIpc) is 2.39. The Morgan fingerprint density at radius 1 is 1.24 bits per heavy atom. The van der Waals surface area contributed by atoms with Crippen LogP contribution in [0.4, 0.5) is 0 Å². The van der Waals surface area contributed by atoms with Crippen molar-refractivity contribution in [3.63, 3.8) is 0 Å². The van der Waals surface area contributed by atoms with Crippen molar-refractivity contribution in [2.45, 2.75) is 52.1 Å². The van der Waals surface area contributed by atoms with Crippen molar-refractivity contribution >= 4 is 0 Å². The predicted molar refractivity (Wildman–Crippen MR) is 71.2 cm³/mol. The van der Waals surface area contributed by atoms with Crippen molar-refractivity contribution in [3.05, 3.63) is 0 Å². The zero-order chi connectivity index (χ0) is 12.7. The van der Waals surface area contributed by atoms with Crippen LogP contribution in [0.25, 0.3) is 0 Å². The molecule has 0 amide bonds. The highest BCUT2D eigenvalue weighted by Crippen LogP contribution is 2.20. The highest BCUT2D eigenvalue weighted by atomic mass is 16.5. The number of aliphatic hydroxyl groups is 1. The van der Waals surface area contributed by atoms with Gasteiger partial charge in [-0.1, -0.05) is 13.8 Å². The Hall–Kier alpha value is -0.120. The average molecular weight is 243 g/mol. The van der Waals surface area contributed by atoms with Crippen LogP contribution in [0.1, 0.15) is 46.5 Å². The van der Waals surface area contributed by atoms with E-state index in [0.29, 0.717) is 0 Å². The van der Waals surface area contributed by atoms with Gasteiger partial charge in [0.05, 0.1) is 12.2 Å². The smallest absolute Gasteiger partial charge is 0.0632 e. The lowest BCUT2D eigenvalue weighted by Gasteiger charge is -2.22. The number of hydrogen-bond acceptors (Lipinski definition) is 3. The molecule has 0 aromatic heterocycles. The van der Waals surface area contributed by atoms with Crippen LogP contribution < -0.4 is 0 Å². The number of rotatable bonds is 6. The zero-order valence-electron chi connectivity index (χ0n) is 11.7. The third-order valence-electron chi connectivity index (χ3n) is 3.55. The monoisotopic (exact) mass is 243 g/mol. The molecule has 0 aromatic carbocycles. The molecule has 0 aromatic rings. The maximum Gasteiger partial charge on any atom is 0.0632 e. The van der Waals surface area contributed by atoms with Gasteiger partial charge in [0.1, 0.15) is 0 Å². The Bertz CT molecular complexity index is 204. The van der Waals surface area contributed by atoms with Gasteiger partial charge in [-0.25, -0.2) is 0 Å². The quantitative estimate of drug-likeness (QED) is 0.727. The lowest BCUT2D eigenvalue weighted by molar-refractivity contribution is 0.0426. The van der Waals surface area contributed by atoms with Gasteiger partial charge < -0.3 is 14.7 Å². The van der Waals surface area contributed by atoms with E-state index in [1.54, 1.807) is 0 Å². The summed E-state index contributed by atoms with van der Waals surface area (Å²) in [5.74, 6) is 0.725. The molecule has 1 aliphatic heterocycles. The molecule has 0 radical (unpaired) electrons. The van der Waals surface area contributed by atoms with Crippen LogP contribution in [-0.2, 0) is 4.74 Å². The molecule has 1 rings (SSSR count). The molecule has 0 spiro atoms. The topological polar surface area (TPSA) is 32.7 Å². The molecule has 1 fully saturated rings. The fourth-order valence-electron chi connectivity index (χ4n) is 2.16. The summed E-state index contributed by atoms with van der Waals surface area (Å²) >= 11 is 0. The summed E-state index contributed by atoms with van der Waals surface area (Å²) in [6.45, 7) is 11.2. The standard InChI is InChI=1S/C14H29NO2/c1-13(2)5-11-17-12-10-15-8-4-6-14(3,16)7-9-15/h13,16H,4-12H2,1-3H3. The molecule has 1 saturated heterocycles. The lowest BCUT2D eigenvalue weighted by atomic mass is 9.98.